The van der Waals surface area contributed by atoms with Crippen molar-refractivity contribution in [3.05, 3.63) is 127 Å². The first-order valence-electron chi connectivity index (χ1n) is 11.5. The molecule has 4 heteroatoms. The summed E-state index contributed by atoms with van der Waals surface area (Å²) < 4.78 is 4.54. The summed E-state index contributed by atoms with van der Waals surface area (Å²) in [6.45, 7) is 0. The molecule has 0 saturated heterocycles. The molecule has 0 N–H and O–H groups in total. The molecular weight excluding hydrogens is 416 g/mol. The van der Waals surface area contributed by atoms with E-state index in [0.717, 1.165) is 11.3 Å². The molecule has 4 aromatic carbocycles. The van der Waals surface area contributed by atoms with Crippen LogP contribution in [-0.4, -0.2) is 14.8 Å². The quantitative estimate of drug-likeness (QED) is 0.312. The van der Waals surface area contributed by atoms with Gasteiger partial charge in [0.15, 0.2) is 5.69 Å². The Bertz CT molecular complexity index is 1700. The molecule has 0 fully saturated rings. The lowest BCUT2D eigenvalue weighted by Gasteiger charge is -2.13. The van der Waals surface area contributed by atoms with Crippen LogP contribution in [0.4, 0.5) is 0 Å². The van der Waals surface area contributed by atoms with E-state index in [1.165, 1.54) is 38.6 Å². The fourth-order valence-corrected chi connectivity index (χ4v) is 5.17. The zero-order valence-corrected chi connectivity index (χ0v) is 18.4. The summed E-state index contributed by atoms with van der Waals surface area (Å²) in [4.78, 5) is 0. The van der Waals surface area contributed by atoms with E-state index in [2.05, 4.69) is 117 Å². The molecule has 2 aromatic heterocycles. The van der Waals surface area contributed by atoms with Gasteiger partial charge in [0.25, 0.3) is 0 Å². The summed E-state index contributed by atoms with van der Waals surface area (Å²) in [5.74, 6) is 0. The number of rotatable bonds is 3. The number of fused-ring (bicyclic) bond motifs is 5. The SMILES string of the molecule is C1=CC([n+]2cnnc(-c3ccccc3)c2)c2ccc3c4ccccc4n(-c4ccccc4)c3c21. The van der Waals surface area contributed by atoms with Crippen LogP contribution in [0, 0.1) is 0 Å². The van der Waals surface area contributed by atoms with Gasteiger partial charge in [-0.2, -0.15) is 0 Å². The topological polar surface area (TPSA) is 34.6 Å². The zero-order valence-electron chi connectivity index (χ0n) is 18.4. The predicted octanol–water partition coefficient (Wildman–Crippen LogP) is 6.14. The van der Waals surface area contributed by atoms with E-state index in [4.69, 9.17) is 0 Å². The molecular formula is C30H21N4+. The van der Waals surface area contributed by atoms with Gasteiger partial charge in [0.2, 0.25) is 0 Å². The highest BCUT2D eigenvalue weighted by atomic mass is 15.2. The molecule has 0 bridgehead atoms. The lowest BCUT2D eigenvalue weighted by atomic mass is 10.0. The van der Waals surface area contributed by atoms with Gasteiger partial charge < -0.3 is 4.57 Å². The number of para-hydroxylation sites is 2. The smallest absolute Gasteiger partial charge is 0.309 e. The Morgan fingerprint density at radius 3 is 2.35 bits per heavy atom. The molecule has 0 radical (unpaired) electrons. The highest BCUT2D eigenvalue weighted by molar-refractivity contribution is 6.12. The molecule has 4 nitrogen and oxygen atoms in total. The molecule has 0 aliphatic heterocycles. The number of nitrogens with zero attached hydrogens (tertiary/aromatic N) is 4. The van der Waals surface area contributed by atoms with Crippen molar-refractivity contribution >= 4 is 27.9 Å². The summed E-state index contributed by atoms with van der Waals surface area (Å²) >= 11 is 0. The van der Waals surface area contributed by atoms with Crippen molar-refractivity contribution in [2.24, 2.45) is 0 Å². The van der Waals surface area contributed by atoms with Gasteiger partial charge in [-0.15, -0.1) is 0 Å². The molecule has 7 rings (SSSR count). The van der Waals surface area contributed by atoms with Crippen molar-refractivity contribution in [2.75, 3.05) is 0 Å². The number of benzene rings is 4. The minimum absolute atomic E-state index is 0.0691. The highest BCUT2D eigenvalue weighted by Gasteiger charge is 2.27. The van der Waals surface area contributed by atoms with Crippen molar-refractivity contribution in [1.82, 2.24) is 14.8 Å². The first-order chi connectivity index (χ1) is 16.9. The van der Waals surface area contributed by atoms with E-state index in [1.807, 2.05) is 24.5 Å². The molecule has 1 atom stereocenters. The fourth-order valence-electron chi connectivity index (χ4n) is 5.17. The van der Waals surface area contributed by atoms with Crippen molar-refractivity contribution in [3.8, 4) is 16.9 Å². The molecule has 160 valence electrons. The molecule has 0 amide bonds. The van der Waals surface area contributed by atoms with Crippen LogP contribution < -0.4 is 4.57 Å². The summed E-state index contributed by atoms with van der Waals surface area (Å²) in [5.41, 5.74) is 8.09. The van der Waals surface area contributed by atoms with Crippen LogP contribution in [0.1, 0.15) is 17.2 Å². The van der Waals surface area contributed by atoms with E-state index in [1.54, 1.807) is 0 Å². The van der Waals surface area contributed by atoms with Crippen LogP contribution in [0.15, 0.2) is 116 Å². The van der Waals surface area contributed by atoms with Crippen molar-refractivity contribution in [1.29, 1.82) is 0 Å². The second kappa shape index (κ2) is 7.49. The average Bonchev–Trinajstić information content (AvgIpc) is 3.49. The second-order valence-corrected chi connectivity index (χ2v) is 8.62. The van der Waals surface area contributed by atoms with Gasteiger partial charge in [0.05, 0.1) is 16.1 Å². The highest BCUT2D eigenvalue weighted by Crippen LogP contribution is 2.40. The Morgan fingerprint density at radius 1 is 0.735 bits per heavy atom. The van der Waals surface area contributed by atoms with Gasteiger partial charge in [-0.25, -0.2) is 4.57 Å². The number of aromatic nitrogens is 4. The second-order valence-electron chi connectivity index (χ2n) is 8.62. The van der Waals surface area contributed by atoms with Crippen LogP contribution in [0.5, 0.6) is 0 Å². The standard InChI is InChI=1S/C30H21N4/c1-3-9-21(10-4-1)27-19-33(20-31-32-27)28-18-17-26-24(28)15-16-25-23-13-7-8-14-29(23)34(30(25)26)22-11-5-2-6-12-22/h1-20,28H/q+1. The monoisotopic (exact) mass is 437 g/mol. The van der Waals surface area contributed by atoms with E-state index in [9.17, 15) is 0 Å². The Hall–Kier alpha value is -4.57. The number of hydrogen-bond donors (Lipinski definition) is 0. The van der Waals surface area contributed by atoms with Gasteiger partial charge in [0, 0.05) is 33.2 Å². The summed E-state index contributed by atoms with van der Waals surface area (Å²) in [7, 11) is 0. The molecule has 6 aromatic rings. The third kappa shape index (κ3) is 2.82. The summed E-state index contributed by atoms with van der Waals surface area (Å²) in [6.07, 6.45) is 8.42. The maximum atomic E-state index is 4.37. The van der Waals surface area contributed by atoms with Gasteiger partial charge in [-0.05, 0) is 29.4 Å². The third-order valence-corrected chi connectivity index (χ3v) is 6.70. The first kappa shape index (κ1) is 18.9. The maximum absolute atomic E-state index is 4.37. The lowest BCUT2D eigenvalue weighted by Crippen LogP contribution is -2.39. The van der Waals surface area contributed by atoms with Gasteiger partial charge >= 0.3 is 6.33 Å². The number of allylic oxidation sites excluding steroid dienone is 1. The van der Waals surface area contributed by atoms with Crippen molar-refractivity contribution in [3.63, 3.8) is 0 Å². The van der Waals surface area contributed by atoms with Gasteiger partial charge in [-0.1, -0.05) is 84.9 Å². The third-order valence-electron chi connectivity index (χ3n) is 6.70. The minimum Gasteiger partial charge on any atom is -0.309 e. The normalized spacial score (nSPS) is 14.6. The number of hydrogen-bond acceptors (Lipinski definition) is 2. The van der Waals surface area contributed by atoms with Crippen LogP contribution in [-0.2, 0) is 0 Å². The molecule has 0 spiro atoms. The van der Waals surface area contributed by atoms with Crippen LogP contribution >= 0.6 is 0 Å². The molecule has 2 heterocycles. The van der Waals surface area contributed by atoms with Gasteiger partial charge in [-0.3, -0.25) is 0 Å². The fraction of sp³-hybridized carbons (Fsp3) is 0.0333. The average molecular weight is 438 g/mol. The van der Waals surface area contributed by atoms with E-state index >= 15 is 0 Å². The van der Waals surface area contributed by atoms with Crippen molar-refractivity contribution < 1.29 is 4.57 Å². The van der Waals surface area contributed by atoms with E-state index in [-0.39, 0.29) is 6.04 Å². The molecule has 1 aliphatic rings. The lowest BCUT2D eigenvalue weighted by molar-refractivity contribution is -0.705. The molecule has 1 aliphatic carbocycles. The zero-order chi connectivity index (χ0) is 22.5. The summed E-state index contributed by atoms with van der Waals surface area (Å²) in [5, 5.41) is 11.2. The van der Waals surface area contributed by atoms with Gasteiger partial charge in [0.1, 0.15) is 12.2 Å². The Morgan fingerprint density at radius 2 is 1.50 bits per heavy atom. The molecule has 0 saturated carbocycles. The minimum atomic E-state index is 0.0691. The van der Waals surface area contributed by atoms with E-state index < -0.39 is 0 Å². The summed E-state index contributed by atoms with van der Waals surface area (Å²) in [6, 6.07) is 34.1. The Balaban J connectivity index is 1.44. The Kier molecular flexibility index (Phi) is 4.18. The maximum Gasteiger partial charge on any atom is 0.315 e. The predicted molar refractivity (Wildman–Crippen MR) is 136 cm³/mol. The van der Waals surface area contributed by atoms with Crippen molar-refractivity contribution in [2.45, 2.75) is 6.04 Å². The van der Waals surface area contributed by atoms with E-state index in [0.29, 0.717) is 0 Å². The largest absolute Gasteiger partial charge is 0.315 e. The van der Waals surface area contributed by atoms with Crippen LogP contribution in [0.3, 0.4) is 0 Å². The Labute approximate surface area is 197 Å². The van der Waals surface area contributed by atoms with Crippen LogP contribution in [0.2, 0.25) is 0 Å². The molecule has 34 heavy (non-hydrogen) atoms. The first-order valence-corrected chi connectivity index (χ1v) is 11.5. The van der Waals surface area contributed by atoms with Crippen LogP contribution in [0.25, 0.3) is 44.8 Å². The molecule has 1 unspecified atom stereocenters.